The molecule has 2 rings (SSSR count). The predicted octanol–water partition coefficient (Wildman–Crippen LogP) is 0.438. The maximum atomic E-state index is 5.53. The molecular weight excluding hydrogens is 218 g/mol. The maximum Gasteiger partial charge on any atom is 0.224 e. The van der Waals surface area contributed by atoms with Gasteiger partial charge < -0.3 is 21.1 Å². The minimum absolute atomic E-state index is 0.311. The van der Waals surface area contributed by atoms with Gasteiger partial charge in [0.2, 0.25) is 5.95 Å². The van der Waals surface area contributed by atoms with E-state index in [0.717, 1.165) is 31.8 Å². The third-order valence-electron chi connectivity index (χ3n) is 2.62. The van der Waals surface area contributed by atoms with Crippen LogP contribution >= 0.6 is 0 Å². The summed E-state index contributed by atoms with van der Waals surface area (Å²) in [4.78, 5) is 8.43. The fourth-order valence-corrected chi connectivity index (χ4v) is 1.75. The number of anilines is 2. The van der Waals surface area contributed by atoms with Gasteiger partial charge in [0.25, 0.3) is 0 Å². The maximum absolute atomic E-state index is 5.53. The number of hydrogen-bond acceptors (Lipinski definition) is 6. The molecule has 0 aromatic carbocycles. The number of rotatable bonds is 6. The van der Waals surface area contributed by atoms with Crippen molar-refractivity contribution in [1.82, 2.24) is 9.97 Å². The van der Waals surface area contributed by atoms with Crippen LogP contribution in [0, 0.1) is 0 Å². The lowest BCUT2D eigenvalue weighted by Crippen LogP contribution is -2.19. The van der Waals surface area contributed by atoms with Crippen molar-refractivity contribution in [2.24, 2.45) is 5.73 Å². The number of aromatic nitrogens is 2. The van der Waals surface area contributed by atoms with Crippen LogP contribution in [-0.4, -0.2) is 42.3 Å². The molecule has 6 heteroatoms. The van der Waals surface area contributed by atoms with Crippen molar-refractivity contribution in [2.75, 3.05) is 36.9 Å². The fraction of sp³-hybridized carbons (Fsp3) is 0.636. The summed E-state index contributed by atoms with van der Waals surface area (Å²) >= 11 is 0. The third kappa shape index (κ3) is 3.83. The van der Waals surface area contributed by atoms with Gasteiger partial charge in [-0.3, -0.25) is 0 Å². The first-order valence-electron chi connectivity index (χ1n) is 6.01. The monoisotopic (exact) mass is 237 g/mol. The Balaban J connectivity index is 1.82. The highest BCUT2D eigenvalue weighted by atomic mass is 16.5. The smallest absolute Gasteiger partial charge is 0.224 e. The molecule has 2 heterocycles. The summed E-state index contributed by atoms with van der Waals surface area (Å²) in [6, 6.07) is 1.85. The Kier molecular flexibility index (Phi) is 4.52. The van der Waals surface area contributed by atoms with Gasteiger partial charge in [-0.1, -0.05) is 0 Å². The molecule has 4 N–H and O–H groups in total. The first-order chi connectivity index (χ1) is 8.38. The van der Waals surface area contributed by atoms with Crippen molar-refractivity contribution in [3.8, 4) is 0 Å². The van der Waals surface area contributed by atoms with Crippen LogP contribution in [0.1, 0.15) is 12.8 Å². The van der Waals surface area contributed by atoms with Crippen LogP contribution in [0.15, 0.2) is 12.3 Å². The van der Waals surface area contributed by atoms with E-state index in [1.807, 2.05) is 6.07 Å². The molecule has 1 aliphatic rings. The highest BCUT2D eigenvalue weighted by Crippen LogP contribution is 2.13. The van der Waals surface area contributed by atoms with Crippen LogP contribution in [-0.2, 0) is 4.74 Å². The zero-order valence-electron chi connectivity index (χ0n) is 9.85. The molecule has 1 saturated heterocycles. The second-order valence-corrected chi connectivity index (χ2v) is 4.00. The highest BCUT2D eigenvalue weighted by Gasteiger charge is 2.14. The van der Waals surface area contributed by atoms with Gasteiger partial charge in [-0.25, -0.2) is 4.98 Å². The minimum atomic E-state index is 0.311. The van der Waals surface area contributed by atoms with Crippen LogP contribution in [0.25, 0.3) is 0 Å². The fourth-order valence-electron chi connectivity index (χ4n) is 1.75. The lowest BCUT2D eigenvalue weighted by atomic mass is 10.2. The molecule has 0 saturated carbocycles. The number of nitrogens with two attached hydrogens (primary N) is 1. The molecule has 6 nitrogen and oxygen atoms in total. The lowest BCUT2D eigenvalue weighted by molar-refractivity contribution is 0.120. The molecule has 0 bridgehead atoms. The zero-order valence-corrected chi connectivity index (χ0v) is 9.85. The Morgan fingerprint density at radius 2 is 2.41 bits per heavy atom. The van der Waals surface area contributed by atoms with E-state index in [1.54, 1.807) is 6.20 Å². The SMILES string of the molecule is NCCNc1nccc(NC[C@H]2CCCO2)n1. The van der Waals surface area contributed by atoms with E-state index >= 15 is 0 Å². The molecule has 1 fully saturated rings. The minimum Gasteiger partial charge on any atom is -0.376 e. The molecule has 1 atom stereocenters. The molecule has 0 radical (unpaired) electrons. The molecule has 17 heavy (non-hydrogen) atoms. The predicted molar refractivity (Wildman–Crippen MR) is 67.0 cm³/mol. The Labute approximate surface area is 101 Å². The third-order valence-corrected chi connectivity index (χ3v) is 2.62. The zero-order chi connectivity index (χ0) is 11.9. The largest absolute Gasteiger partial charge is 0.376 e. The Morgan fingerprint density at radius 1 is 1.47 bits per heavy atom. The molecule has 1 aromatic heterocycles. The van der Waals surface area contributed by atoms with E-state index in [9.17, 15) is 0 Å². The molecule has 0 aliphatic carbocycles. The topological polar surface area (TPSA) is 85.1 Å². The van der Waals surface area contributed by atoms with E-state index in [1.165, 1.54) is 0 Å². The number of nitrogens with one attached hydrogen (secondary N) is 2. The standard InChI is InChI=1S/C11H19N5O/c12-4-6-14-11-13-5-3-10(16-11)15-8-9-2-1-7-17-9/h3,5,9H,1-2,4,6-8,12H2,(H2,13,14,15,16)/t9-/m1/s1. The van der Waals surface area contributed by atoms with Crippen molar-refractivity contribution in [2.45, 2.75) is 18.9 Å². The van der Waals surface area contributed by atoms with Gasteiger partial charge in [0.15, 0.2) is 0 Å². The molecule has 94 valence electrons. The molecule has 1 aliphatic heterocycles. The molecule has 1 aromatic rings. The number of hydrogen-bond donors (Lipinski definition) is 3. The van der Waals surface area contributed by atoms with E-state index in [4.69, 9.17) is 10.5 Å². The molecule has 0 spiro atoms. The van der Waals surface area contributed by atoms with E-state index in [2.05, 4.69) is 20.6 Å². The van der Waals surface area contributed by atoms with Crippen LogP contribution in [0.5, 0.6) is 0 Å². The summed E-state index contributed by atoms with van der Waals surface area (Å²) in [5.41, 5.74) is 5.41. The van der Waals surface area contributed by atoms with Gasteiger partial charge in [-0.15, -0.1) is 0 Å². The molecular formula is C11H19N5O. The second kappa shape index (κ2) is 6.36. The van der Waals surface area contributed by atoms with E-state index < -0.39 is 0 Å². The average molecular weight is 237 g/mol. The van der Waals surface area contributed by atoms with Gasteiger partial charge >= 0.3 is 0 Å². The summed E-state index contributed by atoms with van der Waals surface area (Å²) in [6.45, 7) is 2.92. The Hall–Kier alpha value is -1.40. The van der Waals surface area contributed by atoms with Crippen molar-refractivity contribution in [1.29, 1.82) is 0 Å². The highest BCUT2D eigenvalue weighted by molar-refractivity contribution is 5.39. The van der Waals surface area contributed by atoms with Gasteiger partial charge in [-0.05, 0) is 18.9 Å². The number of nitrogens with zero attached hydrogens (tertiary/aromatic N) is 2. The Bertz CT molecular complexity index is 340. The first kappa shape index (κ1) is 12.1. The van der Waals surface area contributed by atoms with Crippen molar-refractivity contribution < 1.29 is 4.74 Å². The van der Waals surface area contributed by atoms with E-state index in [0.29, 0.717) is 25.1 Å². The normalized spacial score (nSPS) is 19.2. The van der Waals surface area contributed by atoms with Gasteiger partial charge in [0.1, 0.15) is 5.82 Å². The van der Waals surface area contributed by atoms with Gasteiger partial charge in [0, 0.05) is 32.4 Å². The van der Waals surface area contributed by atoms with Crippen molar-refractivity contribution in [3.63, 3.8) is 0 Å². The summed E-state index contributed by atoms with van der Waals surface area (Å²) in [5, 5.41) is 6.30. The van der Waals surface area contributed by atoms with Gasteiger partial charge in [0.05, 0.1) is 6.10 Å². The summed E-state index contributed by atoms with van der Waals surface area (Å²) in [5.74, 6) is 1.42. The first-order valence-corrected chi connectivity index (χ1v) is 6.01. The van der Waals surface area contributed by atoms with Gasteiger partial charge in [-0.2, -0.15) is 4.98 Å². The quantitative estimate of drug-likeness (QED) is 0.665. The van der Waals surface area contributed by atoms with Crippen LogP contribution in [0.2, 0.25) is 0 Å². The van der Waals surface area contributed by atoms with Crippen molar-refractivity contribution in [3.05, 3.63) is 12.3 Å². The molecule has 0 amide bonds. The average Bonchev–Trinajstić information content (AvgIpc) is 2.87. The Morgan fingerprint density at radius 3 is 3.18 bits per heavy atom. The second-order valence-electron chi connectivity index (χ2n) is 4.00. The van der Waals surface area contributed by atoms with Crippen LogP contribution in [0.3, 0.4) is 0 Å². The van der Waals surface area contributed by atoms with Crippen molar-refractivity contribution >= 4 is 11.8 Å². The summed E-state index contributed by atoms with van der Waals surface area (Å²) in [6.07, 6.45) is 4.31. The number of ether oxygens (including phenoxy) is 1. The van der Waals surface area contributed by atoms with Crippen LogP contribution < -0.4 is 16.4 Å². The molecule has 0 unspecified atom stereocenters. The van der Waals surface area contributed by atoms with Crippen LogP contribution in [0.4, 0.5) is 11.8 Å². The summed E-state index contributed by atoms with van der Waals surface area (Å²) in [7, 11) is 0. The van der Waals surface area contributed by atoms with E-state index in [-0.39, 0.29) is 0 Å². The lowest BCUT2D eigenvalue weighted by Gasteiger charge is -2.11. The summed E-state index contributed by atoms with van der Waals surface area (Å²) < 4.78 is 5.53.